The lowest BCUT2D eigenvalue weighted by atomic mass is 10.2. The summed E-state index contributed by atoms with van der Waals surface area (Å²) in [7, 11) is 0. The molecule has 2 atom stereocenters. The van der Waals surface area contributed by atoms with E-state index in [9.17, 15) is 14.7 Å². The average molecular weight is 269 g/mol. The largest absolute Gasteiger partial charge is 0.460 e. The third-order valence-electron chi connectivity index (χ3n) is 2.03. The molecule has 1 rings (SSSR count). The molecule has 18 heavy (non-hydrogen) atoms. The van der Waals surface area contributed by atoms with E-state index in [1.165, 1.54) is 18.2 Å². The first-order valence-corrected chi connectivity index (χ1v) is 5.89. The number of esters is 1. The molecule has 0 fully saturated rings. The van der Waals surface area contributed by atoms with Crippen molar-refractivity contribution in [2.24, 2.45) is 0 Å². The van der Waals surface area contributed by atoms with Crippen molar-refractivity contribution in [3.63, 3.8) is 0 Å². The summed E-state index contributed by atoms with van der Waals surface area (Å²) in [5, 5.41) is 27.1. The summed E-state index contributed by atoms with van der Waals surface area (Å²) in [5.41, 5.74) is 0. The van der Waals surface area contributed by atoms with Crippen LogP contribution < -0.4 is 0 Å². The van der Waals surface area contributed by atoms with Crippen LogP contribution in [-0.4, -0.2) is 34.7 Å². The summed E-state index contributed by atoms with van der Waals surface area (Å²) in [6.45, 7) is 1.68. The van der Waals surface area contributed by atoms with Gasteiger partial charge < -0.3 is 14.9 Å². The molecule has 7 heteroatoms. The third-order valence-corrected chi connectivity index (χ3v) is 3.19. The number of nitrogens with zero attached hydrogens (tertiary/aromatic N) is 1. The molecular weight excluding hydrogens is 258 g/mol. The third kappa shape index (κ3) is 3.13. The van der Waals surface area contributed by atoms with Gasteiger partial charge in [0.15, 0.2) is 6.10 Å². The lowest BCUT2D eigenvalue weighted by Gasteiger charge is -2.08. The fourth-order valence-corrected chi connectivity index (χ4v) is 2.11. The van der Waals surface area contributed by atoms with Crippen LogP contribution in [0.15, 0.2) is 12.1 Å². The van der Waals surface area contributed by atoms with Crippen LogP contribution in [0.25, 0.3) is 0 Å². The van der Waals surface area contributed by atoms with Gasteiger partial charge in [-0.15, -0.1) is 11.3 Å². The standard InChI is InChI=1S/C11H11NO5S/c1-2-17-11(16)10(15)8-4-3-7(18-8)9(14)6(13)5-12/h3-4,6,9,13-14H,2H2,1H3. The Morgan fingerprint density at radius 1 is 1.50 bits per heavy atom. The Morgan fingerprint density at radius 3 is 2.72 bits per heavy atom. The molecule has 0 saturated heterocycles. The lowest BCUT2D eigenvalue weighted by Crippen LogP contribution is -2.16. The van der Waals surface area contributed by atoms with Gasteiger partial charge in [-0.3, -0.25) is 4.79 Å². The molecule has 0 saturated carbocycles. The summed E-state index contributed by atoms with van der Waals surface area (Å²) in [6, 6.07) is 4.20. The van der Waals surface area contributed by atoms with E-state index in [0.29, 0.717) is 0 Å². The average Bonchev–Trinajstić information content (AvgIpc) is 2.85. The SMILES string of the molecule is CCOC(=O)C(=O)c1ccc(C(O)C(O)C#N)s1. The Morgan fingerprint density at radius 2 is 2.17 bits per heavy atom. The predicted molar refractivity (Wildman–Crippen MR) is 61.9 cm³/mol. The normalized spacial score (nSPS) is 13.4. The number of hydrogen-bond acceptors (Lipinski definition) is 7. The van der Waals surface area contributed by atoms with E-state index >= 15 is 0 Å². The molecule has 1 aromatic heterocycles. The molecule has 2 unspecified atom stereocenters. The van der Waals surface area contributed by atoms with Gasteiger partial charge in [0, 0.05) is 4.88 Å². The van der Waals surface area contributed by atoms with Crippen molar-refractivity contribution in [1.29, 1.82) is 5.26 Å². The topological polar surface area (TPSA) is 108 Å². The minimum Gasteiger partial charge on any atom is -0.460 e. The minimum atomic E-state index is -1.57. The lowest BCUT2D eigenvalue weighted by molar-refractivity contribution is -0.137. The Labute approximate surface area is 107 Å². The van der Waals surface area contributed by atoms with Crippen LogP contribution >= 0.6 is 11.3 Å². The maximum Gasteiger partial charge on any atom is 0.380 e. The first-order chi connectivity index (χ1) is 8.51. The number of carbonyl (C=O) groups excluding carboxylic acids is 2. The number of hydrogen-bond donors (Lipinski definition) is 2. The number of aliphatic hydroxyl groups excluding tert-OH is 2. The van der Waals surface area contributed by atoms with Crippen LogP contribution in [0.5, 0.6) is 0 Å². The van der Waals surface area contributed by atoms with Crippen LogP contribution in [0.1, 0.15) is 27.6 Å². The van der Waals surface area contributed by atoms with Crippen LogP contribution in [0.3, 0.4) is 0 Å². The maximum absolute atomic E-state index is 11.5. The van der Waals surface area contributed by atoms with E-state index in [1.54, 1.807) is 6.92 Å². The molecule has 6 nitrogen and oxygen atoms in total. The highest BCUT2D eigenvalue weighted by Gasteiger charge is 2.24. The molecular formula is C11H11NO5S. The van der Waals surface area contributed by atoms with Gasteiger partial charge in [0.25, 0.3) is 5.78 Å². The second-order valence-corrected chi connectivity index (χ2v) is 4.39. The summed E-state index contributed by atoms with van der Waals surface area (Å²) in [5.74, 6) is -1.78. The van der Waals surface area contributed by atoms with E-state index < -0.39 is 24.0 Å². The molecule has 2 N–H and O–H groups in total. The Kier molecular flexibility index (Phi) is 4.97. The number of ether oxygens (including phenoxy) is 1. The maximum atomic E-state index is 11.5. The van der Waals surface area contributed by atoms with Gasteiger partial charge in [-0.05, 0) is 19.1 Å². The quantitative estimate of drug-likeness (QED) is 0.347. The van der Waals surface area contributed by atoms with Crippen LogP contribution in [-0.2, 0) is 9.53 Å². The van der Waals surface area contributed by atoms with E-state index in [0.717, 1.165) is 11.3 Å². The van der Waals surface area contributed by atoms with E-state index in [1.807, 2.05) is 0 Å². The van der Waals surface area contributed by atoms with Gasteiger partial charge >= 0.3 is 5.97 Å². The van der Waals surface area contributed by atoms with Gasteiger partial charge in [0.2, 0.25) is 0 Å². The first kappa shape index (κ1) is 14.3. The Bertz CT molecular complexity index is 490. The van der Waals surface area contributed by atoms with Crippen molar-refractivity contribution in [2.75, 3.05) is 6.61 Å². The van der Waals surface area contributed by atoms with Gasteiger partial charge in [-0.2, -0.15) is 5.26 Å². The zero-order chi connectivity index (χ0) is 13.7. The van der Waals surface area contributed by atoms with Crippen molar-refractivity contribution >= 4 is 23.1 Å². The summed E-state index contributed by atoms with van der Waals surface area (Å²) in [4.78, 5) is 23.0. The fourth-order valence-electron chi connectivity index (χ4n) is 1.16. The zero-order valence-electron chi connectivity index (χ0n) is 9.49. The predicted octanol–water partition coefficient (Wildman–Crippen LogP) is 0.412. The molecule has 0 aliphatic carbocycles. The van der Waals surface area contributed by atoms with Gasteiger partial charge in [0.05, 0.1) is 17.6 Å². The second-order valence-electron chi connectivity index (χ2n) is 3.27. The number of Topliss-reactive ketones (excluding diaryl/α,β-unsaturated/α-hetero) is 1. The van der Waals surface area contributed by atoms with Crippen molar-refractivity contribution in [3.8, 4) is 6.07 Å². The van der Waals surface area contributed by atoms with Crippen molar-refractivity contribution in [2.45, 2.75) is 19.1 Å². The highest BCUT2D eigenvalue weighted by Crippen LogP contribution is 2.26. The van der Waals surface area contributed by atoms with Crippen molar-refractivity contribution in [1.82, 2.24) is 0 Å². The monoisotopic (exact) mass is 269 g/mol. The molecule has 0 radical (unpaired) electrons. The first-order valence-electron chi connectivity index (χ1n) is 5.08. The number of rotatable bonds is 5. The van der Waals surface area contributed by atoms with Crippen LogP contribution in [0.4, 0.5) is 0 Å². The van der Waals surface area contributed by atoms with Gasteiger partial charge in [-0.25, -0.2) is 4.79 Å². The van der Waals surface area contributed by atoms with Crippen molar-refractivity contribution < 1.29 is 24.5 Å². The molecule has 0 spiro atoms. The molecule has 0 bridgehead atoms. The number of aliphatic hydroxyl groups is 2. The molecule has 1 heterocycles. The van der Waals surface area contributed by atoms with Gasteiger partial charge in [0.1, 0.15) is 6.10 Å². The van der Waals surface area contributed by atoms with E-state index in [4.69, 9.17) is 10.4 Å². The van der Waals surface area contributed by atoms with E-state index in [2.05, 4.69) is 4.74 Å². The van der Waals surface area contributed by atoms with Crippen LogP contribution in [0.2, 0.25) is 0 Å². The molecule has 0 aliphatic rings. The molecule has 96 valence electrons. The number of carbonyl (C=O) groups is 2. The number of nitriles is 1. The van der Waals surface area contributed by atoms with Crippen LogP contribution in [0, 0.1) is 11.3 Å². The smallest absolute Gasteiger partial charge is 0.380 e. The molecule has 0 amide bonds. The zero-order valence-corrected chi connectivity index (χ0v) is 10.3. The minimum absolute atomic E-state index is 0.0904. The highest BCUT2D eigenvalue weighted by molar-refractivity contribution is 7.14. The van der Waals surface area contributed by atoms with Gasteiger partial charge in [-0.1, -0.05) is 0 Å². The van der Waals surface area contributed by atoms with Crippen molar-refractivity contribution in [3.05, 3.63) is 21.9 Å². The molecule has 0 aromatic carbocycles. The number of ketones is 1. The second kappa shape index (κ2) is 6.26. The fraction of sp³-hybridized carbons (Fsp3) is 0.364. The highest BCUT2D eigenvalue weighted by atomic mass is 32.1. The Balaban J connectivity index is 2.84. The summed E-state index contributed by atoms with van der Waals surface area (Å²) in [6.07, 6.45) is -2.97. The number of thiophene rings is 1. The van der Waals surface area contributed by atoms with E-state index in [-0.39, 0.29) is 16.4 Å². The molecule has 0 aliphatic heterocycles. The Hall–Kier alpha value is -1.75. The summed E-state index contributed by atoms with van der Waals surface area (Å²) >= 11 is 0.835. The summed E-state index contributed by atoms with van der Waals surface area (Å²) < 4.78 is 4.55. The molecule has 1 aromatic rings.